The lowest BCUT2D eigenvalue weighted by molar-refractivity contribution is -0.146. The van der Waals surface area contributed by atoms with Gasteiger partial charge in [0.15, 0.2) is 11.6 Å². The van der Waals surface area contributed by atoms with Crippen LogP contribution >= 0.6 is 0 Å². The second kappa shape index (κ2) is 4.08. The fraction of sp³-hybridized carbons (Fsp3) is 0.125. The van der Waals surface area contributed by atoms with Gasteiger partial charge in [0.1, 0.15) is 0 Å². The van der Waals surface area contributed by atoms with Gasteiger partial charge in [-0.2, -0.15) is 8.78 Å². The standard InChI is InChI=1S/C8H4F4O2/c9-4-2-1-3-5(10)6(4)14-8(13)7(11)12/h1-3,7H. The van der Waals surface area contributed by atoms with E-state index in [1.807, 2.05) is 0 Å². The van der Waals surface area contributed by atoms with Crippen molar-refractivity contribution in [2.75, 3.05) is 0 Å². The molecule has 0 fully saturated rings. The van der Waals surface area contributed by atoms with E-state index in [2.05, 4.69) is 4.74 Å². The number of rotatable bonds is 2. The molecule has 1 aromatic carbocycles. The zero-order valence-corrected chi connectivity index (χ0v) is 6.64. The Bertz CT molecular complexity index is 331. The van der Waals surface area contributed by atoms with E-state index < -0.39 is 29.8 Å². The number of hydrogen-bond acceptors (Lipinski definition) is 2. The van der Waals surface area contributed by atoms with Gasteiger partial charge < -0.3 is 4.74 Å². The molecule has 0 saturated heterocycles. The quantitative estimate of drug-likeness (QED) is 0.422. The van der Waals surface area contributed by atoms with E-state index in [9.17, 15) is 22.4 Å². The predicted octanol–water partition coefficient (Wildman–Crippen LogP) is 2.14. The molecule has 0 bridgehead atoms. The van der Waals surface area contributed by atoms with Gasteiger partial charge in [0, 0.05) is 0 Å². The van der Waals surface area contributed by atoms with E-state index in [0.29, 0.717) is 0 Å². The molecule has 0 heterocycles. The maximum atomic E-state index is 12.7. The van der Waals surface area contributed by atoms with Crippen molar-refractivity contribution >= 4 is 5.97 Å². The van der Waals surface area contributed by atoms with Crippen LogP contribution in [0.4, 0.5) is 17.6 Å². The minimum Gasteiger partial charge on any atom is -0.416 e. The van der Waals surface area contributed by atoms with Crippen molar-refractivity contribution in [1.29, 1.82) is 0 Å². The van der Waals surface area contributed by atoms with Gasteiger partial charge in [-0.3, -0.25) is 0 Å². The molecule has 0 spiro atoms. The summed E-state index contributed by atoms with van der Waals surface area (Å²) in [7, 11) is 0. The van der Waals surface area contributed by atoms with Crippen molar-refractivity contribution in [1.82, 2.24) is 0 Å². The highest BCUT2D eigenvalue weighted by Gasteiger charge is 2.21. The van der Waals surface area contributed by atoms with Crippen molar-refractivity contribution < 1.29 is 27.1 Å². The van der Waals surface area contributed by atoms with Crippen molar-refractivity contribution in [2.45, 2.75) is 6.43 Å². The van der Waals surface area contributed by atoms with E-state index in [4.69, 9.17) is 0 Å². The number of carbonyl (C=O) groups excluding carboxylic acids is 1. The molecule has 0 N–H and O–H groups in total. The molecule has 6 heteroatoms. The summed E-state index contributed by atoms with van der Waals surface area (Å²) < 4.78 is 52.5. The monoisotopic (exact) mass is 208 g/mol. The maximum Gasteiger partial charge on any atom is 0.379 e. The van der Waals surface area contributed by atoms with Gasteiger partial charge in [-0.1, -0.05) is 6.07 Å². The molecular weight excluding hydrogens is 204 g/mol. The average Bonchev–Trinajstić information content (AvgIpc) is 2.11. The third-order valence-corrected chi connectivity index (χ3v) is 1.30. The van der Waals surface area contributed by atoms with E-state index >= 15 is 0 Å². The lowest BCUT2D eigenvalue weighted by atomic mass is 10.3. The largest absolute Gasteiger partial charge is 0.416 e. The Hall–Kier alpha value is -1.59. The van der Waals surface area contributed by atoms with Crippen LogP contribution in [0.25, 0.3) is 0 Å². The topological polar surface area (TPSA) is 26.3 Å². The van der Waals surface area contributed by atoms with Crippen molar-refractivity contribution in [3.8, 4) is 5.75 Å². The fourth-order valence-electron chi connectivity index (χ4n) is 0.725. The summed E-state index contributed by atoms with van der Waals surface area (Å²) >= 11 is 0. The maximum absolute atomic E-state index is 12.7. The Labute approximate surface area is 76.1 Å². The van der Waals surface area contributed by atoms with Crippen LogP contribution in [0.5, 0.6) is 5.75 Å². The first-order valence-electron chi connectivity index (χ1n) is 3.46. The number of alkyl halides is 2. The number of benzene rings is 1. The van der Waals surface area contributed by atoms with Gasteiger partial charge >= 0.3 is 12.4 Å². The molecule has 0 unspecified atom stereocenters. The Morgan fingerprint density at radius 2 is 1.71 bits per heavy atom. The number of halogens is 4. The number of ether oxygens (including phenoxy) is 1. The summed E-state index contributed by atoms with van der Waals surface area (Å²) in [4.78, 5) is 10.3. The summed E-state index contributed by atoms with van der Waals surface area (Å²) in [5, 5.41) is 0. The van der Waals surface area contributed by atoms with E-state index in [1.165, 1.54) is 0 Å². The molecule has 0 amide bonds. The summed E-state index contributed by atoms with van der Waals surface area (Å²) in [6.07, 6.45) is -3.42. The molecule has 0 aliphatic heterocycles. The number of para-hydroxylation sites is 1. The number of esters is 1. The smallest absolute Gasteiger partial charge is 0.379 e. The van der Waals surface area contributed by atoms with Gasteiger partial charge in [0.2, 0.25) is 5.75 Å². The van der Waals surface area contributed by atoms with E-state index in [0.717, 1.165) is 18.2 Å². The summed E-state index contributed by atoms with van der Waals surface area (Å²) in [6.45, 7) is 0. The van der Waals surface area contributed by atoms with Crippen LogP contribution < -0.4 is 4.74 Å². The SMILES string of the molecule is O=C(Oc1c(F)cccc1F)C(F)F. The zero-order chi connectivity index (χ0) is 10.7. The molecule has 0 aliphatic carbocycles. The lowest BCUT2D eigenvalue weighted by Gasteiger charge is -2.04. The Morgan fingerprint density at radius 3 is 2.14 bits per heavy atom. The molecule has 1 aromatic rings. The third-order valence-electron chi connectivity index (χ3n) is 1.30. The summed E-state index contributed by atoms with van der Waals surface area (Å²) in [5.41, 5.74) is 0. The Kier molecular flexibility index (Phi) is 3.06. The first-order valence-corrected chi connectivity index (χ1v) is 3.46. The number of hydrogen-bond donors (Lipinski definition) is 0. The summed E-state index contributed by atoms with van der Waals surface area (Å²) in [6, 6.07) is 2.60. The molecule has 1 rings (SSSR count). The average molecular weight is 208 g/mol. The second-order valence-corrected chi connectivity index (χ2v) is 2.27. The summed E-state index contributed by atoms with van der Waals surface area (Å²) in [5.74, 6) is -5.52. The van der Waals surface area contributed by atoms with Gasteiger partial charge in [-0.05, 0) is 12.1 Å². The van der Waals surface area contributed by atoms with E-state index in [1.54, 1.807) is 0 Å². The highest BCUT2D eigenvalue weighted by Crippen LogP contribution is 2.21. The highest BCUT2D eigenvalue weighted by molar-refractivity contribution is 5.75. The van der Waals surface area contributed by atoms with E-state index in [-0.39, 0.29) is 0 Å². The lowest BCUT2D eigenvalue weighted by Crippen LogP contribution is -2.18. The van der Waals surface area contributed by atoms with Crippen LogP contribution in [0.3, 0.4) is 0 Å². The predicted molar refractivity (Wildman–Crippen MR) is 38.0 cm³/mol. The molecule has 0 atom stereocenters. The minimum atomic E-state index is -3.42. The molecular formula is C8H4F4O2. The Morgan fingerprint density at radius 1 is 1.21 bits per heavy atom. The van der Waals surface area contributed by atoms with Gasteiger partial charge in [0.25, 0.3) is 0 Å². The fourth-order valence-corrected chi connectivity index (χ4v) is 0.725. The normalized spacial score (nSPS) is 10.4. The van der Waals surface area contributed by atoms with Crippen LogP contribution in [0.2, 0.25) is 0 Å². The van der Waals surface area contributed by atoms with Gasteiger partial charge in [-0.25, -0.2) is 13.6 Å². The zero-order valence-electron chi connectivity index (χ0n) is 6.64. The van der Waals surface area contributed by atoms with Crippen molar-refractivity contribution in [3.63, 3.8) is 0 Å². The van der Waals surface area contributed by atoms with Crippen molar-refractivity contribution in [3.05, 3.63) is 29.8 Å². The molecule has 76 valence electrons. The third kappa shape index (κ3) is 2.21. The Balaban J connectivity index is 2.91. The number of carbonyl (C=O) groups is 1. The van der Waals surface area contributed by atoms with Crippen LogP contribution in [0.1, 0.15) is 0 Å². The molecule has 0 saturated carbocycles. The van der Waals surface area contributed by atoms with Gasteiger partial charge in [-0.15, -0.1) is 0 Å². The van der Waals surface area contributed by atoms with Crippen LogP contribution in [-0.2, 0) is 4.79 Å². The molecule has 2 nitrogen and oxygen atoms in total. The molecule has 0 radical (unpaired) electrons. The minimum absolute atomic E-state index is 0.789. The van der Waals surface area contributed by atoms with Crippen LogP contribution in [0, 0.1) is 11.6 Å². The first kappa shape index (κ1) is 10.5. The molecule has 0 aliphatic rings. The van der Waals surface area contributed by atoms with Crippen molar-refractivity contribution in [2.24, 2.45) is 0 Å². The molecule has 14 heavy (non-hydrogen) atoms. The van der Waals surface area contributed by atoms with Crippen LogP contribution in [0.15, 0.2) is 18.2 Å². The van der Waals surface area contributed by atoms with Crippen LogP contribution in [-0.4, -0.2) is 12.4 Å². The second-order valence-electron chi connectivity index (χ2n) is 2.27. The molecule has 0 aromatic heterocycles. The highest BCUT2D eigenvalue weighted by atomic mass is 19.3. The first-order chi connectivity index (χ1) is 6.52. The van der Waals surface area contributed by atoms with Gasteiger partial charge in [0.05, 0.1) is 0 Å².